The van der Waals surface area contributed by atoms with Gasteiger partial charge in [0.25, 0.3) is 0 Å². The molecule has 1 rings (SSSR count). The predicted octanol–water partition coefficient (Wildman–Crippen LogP) is 1.03. The van der Waals surface area contributed by atoms with Crippen molar-refractivity contribution in [1.29, 1.82) is 0 Å². The SMILES string of the molecule is CCNC(=O)C1CN(SS)CCS1. The summed E-state index contributed by atoms with van der Waals surface area (Å²) in [4.78, 5) is 11.5. The van der Waals surface area contributed by atoms with Gasteiger partial charge in [-0.3, -0.25) is 4.79 Å². The molecular weight excluding hydrogens is 224 g/mol. The van der Waals surface area contributed by atoms with Crippen LogP contribution in [0.4, 0.5) is 0 Å². The Hall–Kier alpha value is 0.480. The predicted molar refractivity (Wildman–Crippen MR) is 63.1 cm³/mol. The Morgan fingerprint density at radius 2 is 2.62 bits per heavy atom. The maximum Gasteiger partial charge on any atom is 0.234 e. The van der Waals surface area contributed by atoms with Crippen LogP contribution in [0.1, 0.15) is 6.92 Å². The monoisotopic (exact) mass is 238 g/mol. The molecule has 0 aliphatic carbocycles. The van der Waals surface area contributed by atoms with Crippen LogP contribution in [0.15, 0.2) is 0 Å². The van der Waals surface area contributed by atoms with Gasteiger partial charge >= 0.3 is 0 Å². The molecule has 1 amide bonds. The van der Waals surface area contributed by atoms with Crippen LogP contribution in [-0.2, 0) is 4.79 Å². The average molecular weight is 238 g/mol. The van der Waals surface area contributed by atoms with Crippen LogP contribution in [0.2, 0.25) is 0 Å². The first kappa shape index (κ1) is 11.6. The third kappa shape index (κ3) is 3.61. The molecule has 1 N–H and O–H groups in total. The molecule has 76 valence electrons. The third-order valence-corrected chi connectivity index (χ3v) is 4.23. The largest absolute Gasteiger partial charge is 0.355 e. The van der Waals surface area contributed by atoms with E-state index in [9.17, 15) is 4.79 Å². The second-order valence-corrected chi connectivity index (χ2v) is 5.20. The van der Waals surface area contributed by atoms with Crippen LogP contribution in [0, 0.1) is 0 Å². The van der Waals surface area contributed by atoms with Crippen LogP contribution < -0.4 is 5.32 Å². The van der Waals surface area contributed by atoms with Crippen molar-refractivity contribution >= 4 is 40.3 Å². The number of thioether (sulfide) groups is 1. The quantitative estimate of drug-likeness (QED) is 0.437. The van der Waals surface area contributed by atoms with Crippen molar-refractivity contribution in [3.8, 4) is 0 Å². The van der Waals surface area contributed by atoms with E-state index in [2.05, 4.69) is 21.3 Å². The van der Waals surface area contributed by atoms with Crippen molar-refractivity contribution in [3.05, 3.63) is 0 Å². The van der Waals surface area contributed by atoms with Crippen molar-refractivity contribution < 1.29 is 4.79 Å². The summed E-state index contributed by atoms with van der Waals surface area (Å²) in [6.07, 6.45) is 0. The molecule has 0 aromatic rings. The second-order valence-electron chi connectivity index (χ2n) is 2.72. The maximum absolute atomic E-state index is 11.5. The number of carbonyl (C=O) groups excluding carboxylic acids is 1. The van der Waals surface area contributed by atoms with Crippen LogP contribution in [0.3, 0.4) is 0 Å². The highest BCUT2D eigenvalue weighted by atomic mass is 33.1. The van der Waals surface area contributed by atoms with Crippen molar-refractivity contribution in [2.45, 2.75) is 12.2 Å². The minimum absolute atomic E-state index is 0.0772. The first-order valence-electron chi connectivity index (χ1n) is 4.23. The summed E-state index contributed by atoms with van der Waals surface area (Å²) < 4.78 is 2.11. The van der Waals surface area contributed by atoms with Crippen LogP contribution in [0.5, 0.6) is 0 Å². The standard InChI is InChI=1S/C7H14N2OS3/c1-2-8-7(10)6-5-9(13-11)3-4-12-6/h6,11H,2-5H2,1H3,(H,8,10). The van der Waals surface area contributed by atoms with Crippen molar-refractivity contribution in [2.24, 2.45) is 0 Å². The Morgan fingerprint density at radius 1 is 1.85 bits per heavy atom. The van der Waals surface area contributed by atoms with E-state index in [4.69, 9.17) is 0 Å². The van der Waals surface area contributed by atoms with E-state index in [1.807, 2.05) is 6.92 Å². The molecular formula is C7H14N2OS3. The Labute approximate surface area is 92.3 Å². The van der Waals surface area contributed by atoms with Crippen LogP contribution in [-0.4, -0.2) is 40.8 Å². The fraction of sp³-hybridized carbons (Fsp3) is 0.857. The molecule has 1 heterocycles. The normalized spacial score (nSPS) is 24.3. The lowest BCUT2D eigenvalue weighted by Crippen LogP contribution is -2.42. The number of nitrogens with zero attached hydrogens (tertiary/aromatic N) is 1. The zero-order chi connectivity index (χ0) is 9.68. The Kier molecular flexibility index (Phi) is 5.38. The molecule has 1 aliphatic heterocycles. The molecule has 1 fully saturated rings. The smallest absolute Gasteiger partial charge is 0.234 e. The van der Waals surface area contributed by atoms with Crippen LogP contribution in [0.25, 0.3) is 0 Å². The minimum Gasteiger partial charge on any atom is -0.355 e. The summed E-state index contributed by atoms with van der Waals surface area (Å²) >= 11 is 5.86. The van der Waals surface area contributed by atoms with Gasteiger partial charge in [0.05, 0.1) is 5.25 Å². The summed E-state index contributed by atoms with van der Waals surface area (Å²) in [7, 11) is 1.42. The number of nitrogens with one attached hydrogen (secondary N) is 1. The van der Waals surface area contributed by atoms with E-state index in [0.717, 1.165) is 18.8 Å². The van der Waals surface area contributed by atoms with Gasteiger partial charge in [-0.1, -0.05) is 11.7 Å². The Balaban J connectivity index is 2.37. The minimum atomic E-state index is 0.0772. The molecule has 0 saturated carbocycles. The summed E-state index contributed by atoms with van der Waals surface area (Å²) in [6.45, 7) is 4.46. The fourth-order valence-corrected chi connectivity index (χ4v) is 3.32. The van der Waals surface area contributed by atoms with Gasteiger partial charge in [0.15, 0.2) is 0 Å². The zero-order valence-corrected chi connectivity index (χ0v) is 10.1. The van der Waals surface area contributed by atoms with Gasteiger partial charge in [-0.2, -0.15) is 0 Å². The van der Waals surface area contributed by atoms with Crippen molar-refractivity contribution in [2.75, 3.05) is 25.4 Å². The van der Waals surface area contributed by atoms with Gasteiger partial charge in [0.1, 0.15) is 0 Å². The lowest BCUT2D eigenvalue weighted by molar-refractivity contribution is -0.120. The fourth-order valence-electron chi connectivity index (χ4n) is 1.15. The van der Waals surface area contributed by atoms with E-state index in [0.29, 0.717) is 6.54 Å². The summed E-state index contributed by atoms with van der Waals surface area (Å²) in [5.41, 5.74) is 0. The van der Waals surface area contributed by atoms with Crippen molar-refractivity contribution in [1.82, 2.24) is 9.62 Å². The number of carbonyl (C=O) groups is 1. The Morgan fingerprint density at radius 3 is 3.23 bits per heavy atom. The van der Waals surface area contributed by atoms with E-state index < -0.39 is 0 Å². The lowest BCUT2D eigenvalue weighted by atomic mass is 10.3. The Bertz CT molecular complexity index is 179. The number of thiol groups is 1. The van der Waals surface area contributed by atoms with Gasteiger partial charge in [-0.25, -0.2) is 4.31 Å². The topological polar surface area (TPSA) is 32.3 Å². The second kappa shape index (κ2) is 6.06. The van der Waals surface area contributed by atoms with Gasteiger partial charge < -0.3 is 5.32 Å². The number of hydrogen-bond donors (Lipinski definition) is 2. The van der Waals surface area contributed by atoms with E-state index >= 15 is 0 Å². The highest BCUT2D eigenvalue weighted by molar-refractivity contribution is 8.67. The first-order valence-corrected chi connectivity index (χ1v) is 7.11. The lowest BCUT2D eigenvalue weighted by Gasteiger charge is -2.28. The molecule has 1 aliphatic rings. The summed E-state index contributed by atoms with van der Waals surface area (Å²) in [5, 5.41) is 2.92. The van der Waals surface area contributed by atoms with Gasteiger partial charge in [0, 0.05) is 25.4 Å². The molecule has 0 bridgehead atoms. The molecule has 13 heavy (non-hydrogen) atoms. The average Bonchev–Trinajstić information content (AvgIpc) is 2.18. The van der Waals surface area contributed by atoms with E-state index in [1.54, 1.807) is 11.8 Å². The van der Waals surface area contributed by atoms with Gasteiger partial charge in [-0.05, 0) is 17.9 Å². The van der Waals surface area contributed by atoms with Gasteiger partial charge in [-0.15, -0.1) is 11.8 Å². The maximum atomic E-state index is 11.5. The van der Waals surface area contributed by atoms with E-state index in [1.165, 1.54) is 11.0 Å². The molecule has 1 saturated heterocycles. The number of hydrogen-bond acceptors (Lipinski definition) is 5. The molecule has 0 spiro atoms. The number of rotatable bonds is 3. The van der Waals surface area contributed by atoms with Crippen molar-refractivity contribution in [3.63, 3.8) is 0 Å². The molecule has 0 radical (unpaired) electrons. The molecule has 0 aromatic carbocycles. The zero-order valence-electron chi connectivity index (χ0n) is 7.52. The van der Waals surface area contributed by atoms with Crippen LogP contribution >= 0.6 is 34.4 Å². The molecule has 1 atom stereocenters. The first-order chi connectivity index (χ1) is 6.27. The summed E-state index contributed by atoms with van der Waals surface area (Å²) in [6, 6.07) is 0. The number of amides is 1. The summed E-state index contributed by atoms with van der Waals surface area (Å²) in [5.74, 6) is 1.16. The molecule has 3 nitrogen and oxygen atoms in total. The highest BCUT2D eigenvalue weighted by Gasteiger charge is 2.25. The van der Waals surface area contributed by atoms with E-state index in [-0.39, 0.29) is 11.2 Å². The molecule has 6 heteroatoms. The highest BCUT2D eigenvalue weighted by Crippen LogP contribution is 2.25. The molecule has 0 aromatic heterocycles. The third-order valence-electron chi connectivity index (χ3n) is 1.79. The van der Waals surface area contributed by atoms with Gasteiger partial charge in [0.2, 0.25) is 5.91 Å². The molecule has 1 unspecified atom stereocenters.